The van der Waals surface area contributed by atoms with E-state index in [2.05, 4.69) is 20.8 Å². The summed E-state index contributed by atoms with van der Waals surface area (Å²) < 4.78 is 11.2. The van der Waals surface area contributed by atoms with Crippen molar-refractivity contribution in [1.82, 2.24) is 0 Å². The molecule has 1 aliphatic rings. The quantitative estimate of drug-likeness (QED) is 0.111. The average molecular weight is 495 g/mol. The molecule has 0 aliphatic heterocycles. The van der Waals surface area contributed by atoms with Crippen molar-refractivity contribution in [3.63, 3.8) is 0 Å². The lowest BCUT2D eigenvalue weighted by atomic mass is 9.74. The maximum atomic E-state index is 12.8. The van der Waals surface area contributed by atoms with Gasteiger partial charge in [0.15, 0.2) is 0 Å². The maximum Gasteiger partial charge on any atom is 0.309 e. The van der Waals surface area contributed by atoms with Crippen molar-refractivity contribution in [3.05, 3.63) is 0 Å². The predicted octanol–water partition coefficient (Wildman–Crippen LogP) is 9.19. The third-order valence-corrected chi connectivity index (χ3v) is 7.70. The summed E-state index contributed by atoms with van der Waals surface area (Å²) in [6.07, 6.45) is 24.9. The number of carbonyl (C=O) groups excluding carboxylic acids is 2. The minimum Gasteiger partial charge on any atom is -0.465 e. The average Bonchev–Trinajstić information content (AvgIpc) is 2.86. The van der Waals surface area contributed by atoms with Crippen LogP contribution in [-0.4, -0.2) is 25.2 Å². The molecule has 0 radical (unpaired) electrons. The highest BCUT2D eigenvalue weighted by atomic mass is 16.5. The van der Waals surface area contributed by atoms with E-state index in [-0.39, 0.29) is 23.8 Å². The molecule has 0 bridgehead atoms. The van der Waals surface area contributed by atoms with Gasteiger partial charge in [-0.1, -0.05) is 124 Å². The van der Waals surface area contributed by atoms with Crippen LogP contribution in [0.1, 0.15) is 156 Å². The van der Waals surface area contributed by atoms with Gasteiger partial charge in [0.1, 0.15) is 0 Å². The molecular weight excluding hydrogens is 436 g/mol. The molecule has 0 aromatic heterocycles. The van der Waals surface area contributed by atoms with Gasteiger partial charge in [-0.25, -0.2) is 0 Å². The van der Waals surface area contributed by atoms with E-state index in [1.54, 1.807) is 0 Å². The highest BCUT2D eigenvalue weighted by molar-refractivity contribution is 5.82. The van der Waals surface area contributed by atoms with E-state index in [0.29, 0.717) is 19.1 Å². The van der Waals surface area contributed by atoms with Gasteiger partial charge in [-0.2, -0.15) is 0 Å². The fourth-order valence-electron chi connectivity index (χ4n) is 5.31. The van der Waals surface area contributed by atoms with Crippen molar-refractivity contribution in [2.45, 2.75) is 156 Å². The molecule has 0 heterocycles. The summed E-state index contributed by atoms with van der Waals surface area (Å²) in [5.74, 6) is -0.544. The Hall–Kier alpha value is -1.06. The van der Waals surface area contributed by atoms with Gasteiger partial charge in [-0.05, 0) is 38.0 Å². The van der Waals surface area contributed by atoms with Crippen molar-refractivity contribution < 1.29 is 19.1 Å². The first-order chi connectivity index (χ1) is 17.1. The van der Waals surface area contributed by atoms with Crippen LogP contribution in [-0.2, 0) is 19.1 Å². The molecule has 0 N–H and O–H groups in total. The lowest BCUT2D eigenvalue weighted by Gasteiger charge is -2.31. The van der Waals surface area contributed by atoms with Gasteiger partial charge in [0.25, 0.3) is 0 Å². The van der Waals surface area contributed by atoms with Crippen LogP contribution < -0.4 is 0 Å². The van der Waals surface area contributed by atoms with E-state index in [1.807, 2.05) is 0 Å². The van der Waals surface area contributed by atoms with Crippen LogP contribution in [0.3, 0.4) is 0 Å². The van der Waals surface area contributed by atoms with Crippen molar-refractivity contribution in [2.75, 3.05) is 13.2 Å². The fourth-order valence-corrected chi connectivity index (χ4v) is 5.31. The van der Waals surface area contributed by atoms with Crippen LogP contribution >= 0.6 is 0 Å². The van der Waals surface area contributed by atoms with Crippen LogP contribution in [0, 0.1) is 17.8 Å². The number of hydrogen-bond donors (Lipinski definition) is 0. The Morgan fingerprint density at radius 3 is 1.34 bits per heavy atom. The molecule has 0 spiro atoms. The molecule has 0 aromatic rings. The zero-order valence-corrected chi connectivity index (χ0v) is 23.6. The summed E-state index contributed by atoms with van der Waals surface area (Å²) in [6, 6.07) is 0. The SMILES string of the molecule is CCCCCCCCCCCOC(=O)C1CCC(C)CC1C(=O)OCCCCCCCCCCC. The monoisotopic (exact) mass is 494 g/mol. The topological polar surface area (TPSA) is 52.6 Å². The van der Waals surface area contributed by atoms with Crippen LogP contribution in [0.25, 0.3) is 0 Å². The van der Waals surface area contributed by atoms with Gasteiger partial charge in [-0.3, -0.25) is 9.59 Å². The summed E-state index contributed by atoms with van der Waals surface area (Å²) in [6.45, 7) is 7.64. The molecule has 3 unspecified atom stereocenters. The normalized spacial score (nSPS) is 20.0. The molecule has 1 saturated carbocycles. The lowest BCUT2D eigenvalue weighted by molar-refractivity contribution is -0.163. The third kappa shape index (κ3) is 16.3. The number of hydrogen-bond acceptors (Lipinski definition) is 4. The number of esters is 2. The Kier molecular flexibility index (Phi) is 20.2. The van der Waals surface area contributed by atoms with Gasteiger partial charge in [-0.15, -0.1) is 0 Å². The molecule has 0 saturated heterocycles. The molecule has 3 atom stereocenters. The highest BCUT2D eigenvalue weighted by Crippen LogP contribution is 2.35. The van der Waals surface area contributed by atoms with Crippen molar-refractivity contribution in [3.8, 4) is 0 Å². The van der Waals surface area contributed by atoms with Crippen LogP contribution in [0.4, 0.5) is 0 Å². The van der Waals surface area contributed by atoms with E-state index in [9.17, 15) is 9.59 Å². The Balaban J connectivity index is 2.18. The predicted molar refractivity (Wildman–Crippen MR) is 146 cm³/mol. The van der Waals surface area contributed by atoms with Gasteiger partial charge in [0.05, 0.1) is 25.0 Å². The number of carbonyl (C=O) groups is 2. The Bertz CT molecular complexity index is 518. The van der Waals surface area contributed by atoms with Crippen molar-refractivity contribution >= 4 is 11.9 Å². The molecule has 35 heavy (non-hydrogen) atoms. The smallest absolute Gasteiger partial charge is 0.309 e. The molecule has 4 nitrogen and oxygen atoms in total. The molecule has 0 amide bonds. The van der Waals surface area contributed by atoms with Crippen molar-refractivity contribution in [2.24, 2.45) is 17.8 Å². The first-order valence-corrected chi connectivity index (χ1v) is 15.4. The Labute approximate surface area is 217 Å². The van der Waals surface area contributed by atoms with E-state index in [0.717, 1.165) is 44.9 Å². The maximum absolute atomic E-state index is 12.8. The molecule has 1 rings (SSSR count). The van der Waals surface area contributed by atoms with Crippen LogP contribution in [0.5, 0.6) is 0 Å². The van der Waals surface area contributed by atoms with Gasteiger partial charge < -0.3 is 9.47 Å². The summed E-state index contributed by atoms with van der Waals surface area (Å²) in [4.78, 5) is 25.6. The molecule has 1 aliphatic carbocycles. The summed E-state index contributed by atoms with van der Waals surface area (Å²) in [5, 5.41) is 0. The molecule has 1 fully saturated rings. The zero-order chi connectivity index (χ0) is 25.6. The van der Waals surface area contributed by atoms with Gasteiger partial charge in [0.2, 0.25) is 0 Å². The molecular formula is C31H58O4. The minimum atomic E-state index is -0.326. The summed E-state index contributed by atoms with van der Waals surface area (Å²) >= 11 is 0. The summed E-state index contributed by atoms with van der Waals surface area (Å²) in [5.41, 5.74) is 0. The second-order valence-corrected chi connectivity index (χ2v) is 11.1. The Morgan fingerprint density at radius 1 is 0.543 bits per heavy atom. The minimum absolute atomic E-state index is 0.179. The van der Waals surface area contributed by atoms with Crippen LogP contribution in [0.15, 0.2) is 0 Å². The van der Waals surface area contributed by atoms with Crippen LogP contribution in [0.2, 0.25) is 0 Å². The van der Waals surface area contributed by atoms with Crippen molar-refractivity contribution in [1.29, 1.82) is 0 Å². The van der Waals surface area contributed by atoms with Gasteiger partial charge in [0, 0.05) is 0 Å². The molecule has 0 aromatic carbocycles. The Morgan fingerprint density at radius 2 is 0.914 bits per heavy atom. The second kappa shape index (κ2) is 22.2. The number of unbranched alkanes of at least 4 members (excludes halogenated alkanes) is 16. The lowest BCUT2D eigenvalue weighted by Crippen LogP contribution is -2.37. The molecule has 206 valence electrons. The van der Waals surface area contributed by atoms with E-state index >= 15 is 0 Å². The first-order valence-electron chi connectivity index (χ1n) is 15.4. The zero-order valence-electron chi connectivity index (χ0n) is 23.6. The fraction of sp³-hybridized carbons (Fsp3) is 0.935. The summed E-state index contributed by atoms with van der Waals surface area (Å²) in [7, 11) is 0. The van der Waals surface area contributed by atoms with E-state index in [1.165, 1.54) is 89.9 Å². The van der Waals surface area contributed by atoms with Gasteiger partial charge >= 0.3 is 11.9 Å². The molecule has 4 heteroatoms. The first kappa shape index (κ1) is 32.0. The van der Waals surface area contributed by atoms with E-state index in [4.69, 9.17) is 9.47 Å². The standard InChI is InChI=1S/C31H58O4/c1-4-6-8-10-12-14-16-18-20-24-34-30(32)28-23-22-27(3)26-29(28)31(33)35-25-21-19-17-15-13-11-9-7-5-2/h27-29H,4-26H2,1-3H3. The third-order valence-electron chi connectivity index (χ3n) is 7.70. The van der Waals surface area contributed by atoms with E-state index < -0.39 is 0 Å². The second-order valence-electron chi connectivity index (χ2n) is 11.1. The highest BCUT2D eigenvalue weighted by Gasteiger charge is 2.40. The largest absolute Gasteiger partial charge is 0.465 e. The number of ether oxygens (including phenoxy) is 2. The number of rotatable bonds is 22.